The molecule has 1 fully saturated rings. The third kappa shape index (κ3) is 5.13. The SMILES string of the molecule is CC[C@@]1(O)C(=O)OCc2c1cc1n(c2=O)Cc2c-1nc1cc(F)c(C)cc1c2CNC(=O)[C@@H]1COCCN1C(=O)OC(C)(C)C. The topological polar surface area (TPSA) is 149 Å². The number of amides is 2. The quantitative estimate of drug-likeness (QED) is 0.328. The van der Waals surface area contributed by atoms with E-state index in [1.54, 1.807) is 46.8 Å². The van der Waals surface area contributed by atoms with Gasteiger partial charge in [-0.3, -0.25) is 14.5 Å². The van der Waals surface area contributed by atoms with Crippen molar-refractivity contribution in [2.45, 2.75) is 78.0 Å². The molecule has 45 heavy (non-hydrogen) atoms. The van der Waals surface area contributed by atoms with Crippen molar-refractivity contribution >= 4 is 28.9 Å². The number of cyclic esters (lactones) is 1. The van der Waals surface area contributed by atoms with Crippen molar-refractivity contribution in [1.29, 1.82) is 0 Å². The number of aryl methyl sites for hydroxylation is 1. The fourth-order valence-corrected chi connectivity index (χ4v) is 6.15. The summed E-state index contributed by atoms with van der Waals surface area (Å²) < 4.78 is 32.5. The number of esters is 1. The maximum atomic E-state index is 14.8. The van der Waals surface area contributed by atoms with E-state index in [0.29, 0.717) is 39.0 Å². The Balaban J connectivity index is 1.41. The van der Waals surface area contributed by atoms with Gasteiger partial charge in [0.05, 0.1) is 42.2 Å². The van der Waals surface area contributed by atoms with Crippen LogP contribution in [0.25, 0.3) is 22.3 Å². The fraction of sp³-hybridized carbons (Fsp3) is 0.469. The molecule has 2 N–H and O–H groups in total. The summed E-state index contributed by atoms with van der Waals surface area (Å²) in [5, 5.41) is 14.7. The molecule has 0 bridgehead atoms. The second kappa shape index (κ2) is 10.9. The zero-order valence-corrected chi connectivity index (χ0v) is 25.8. The molecular formula is C32H35FN4O8. The minimum absolute atomic E-state index is 0.00725. The summed E-state index contributed by atoms with van der Waals surface area (Å²) in [7, 11) is 0. The smallest absolute Gasteiger partial charge is 0.411 e. The van der Waals surface area contributed by atoms with Crippen LogP contribution in [-0.2, 0) is 49.1 Å². The van der Waals surface area contributed by atoms with E-state index in [9.17, 15) is 28.7 Å². The first-order chi connectivity index (χ1) is 21.2. The molecule has 0 unspecified atom stereocenters. The maximum Gasteiger partial charge on any atom is 0.411 e. The first-order valence-electron chi connectivity index (χ1n) is 14.9. The Morgan fingerprint density at radius 3 is 2.69 bits per heavy atom. The molecule has 13 heteroatoms. The Bertz CT molecular complexity index is 1830. The van der Waals surface area contributed by atoms with E-state index in [-0.39, 0.29) is 57.0 Å². The van der Waals surface area contributed by atoms with Gasteiger partial charge in [-0.25, -0.2) is 19.0 Å². The number of pyridine rings is 2. The first kappa shape index (κ1) is 30.7. The van der Waals surface area contributed by atoms with Crippen molar-refractivity contribution in [3.8, 4) is 11.4 Å². The molecule has 2 aromatic heterocycles. The van der Waals surface area contributed by atoms with Crippen molar-refractivity contribution in [3.63, 3.8) is 0 Å². The molecule has 2 atom stereocenters. The van der Waals surface area contributed by atoms with Crippen LogP contribution in [0.2, 0.25) is 0 Å². The largest absolute Gasteiger partial charge is 0.458 e. The van der Waals surface area contributed by atoms with Crippen molar-refractivity contribution in [1.82, 2.24) is 19.8 Å². The van der Waals surface area contributed by atoms with Gasteiger partial charge in [-0.05, 0) is 57.4 Å². The van der Waals surface area contributed by atoms with Gasteiger partial charge in [0, 0.05) is 35.7 Å². The van der Waals surface area contributed by atoms with Crippen LogP contribution >= 0.6 is 0 Å². The Morgan fingerprint density at radius 2 is 1.98 bits per heavy atom. The van der Waals surface area contributed by atoms with Gasteiger partial charge >= 0.3 is 12.1 Å². The second-order valence-electron chi connectivity index (χ2n) is 12.6. The lowest BCUT2D eigenvalue weighted by atomic mass is 9.86. The highest BCUT2D eigenvalue weighted by Gasteiger charge is 2.45. The number of nitrogens with zero attached hydrogens (tertiary/aromatic N) is 3. The molecule has 0 spiro atoms. The molecule has 0 saturated carbocycles. The van der Waals surface area contributed by atoms with Crippen molar-refractivity contribution in [3.05, 3.63) is 62.2 Å². The molecule has 2 amide bonds. The number of aromatic nitrogens is 2. The summed E-state index contributed by atoms with van der Waals surface area (Å²) in [5.74, 6) is -1.77. The summed E-state index contributed by atoms with van der Waals surface area (Å²) in [6, 6.07) is 3.59. The highest BCUT2D eigenvalue weighted by Crippen LogP contribution is 2.40. The van der Waals surface area contributed by atoms with E-state index in [1.807, 2.05) is 0 Å². The number of aliphatic hydroxyl groups is 1. The van der Waals surface area contributed by atoms with Crippen molar-refractivity contribution in [2.75, 3.05) is 19.8 Å². The fourth-order valence-electron chi connectivity index (χ4n) is 6.15. The highest BCUT2D eigenvalue weighted by atomic mass is 19.1. The molecule has 5 heterocycles. The van der Waals surface area contributed by atoms with Crippen LogP contribution in [0.3, 0.4) is 0 Å². The van der Waals surface area contributed by atoms with Gasteiger partial charge in [-0.15, -0.1) is 0 Å². The van der Waals surface area contributed by atoms with Crippen LogP contribution in [-0.4, -0.2) is 68.9 Å². The Kier molecular flexibility index (Phi) is 7.44. The average Bonchev–Trinajstić information content (AvgIpc) is 3.36. The molecule has 0 aliphatic carbocycles. The van der Waals surface area contributed by atoms with Gasteiger partial charge in [0.2, 0.25) is 5.91 Å². The normalized spacial score (nSPS) is 20.7. The number of rotatable bonds is 4. The van der Waals surface area contributed by atoms with E-state index >= 15 is 0 Å². The van der Waals surface area contributed by atoms with Gasteiger partial charge in [0.1, 0.15) is 24.1 Å². The molecule has 12 nitrogen and oxygen atoms in total. The molecule has 1 aromatic carbocycles. The number of benzene rings is 1. The number of carbonyl (C=O) groups is 3. The van der Waals surface area contributed by atoms with Crippen molar-refractivity contribution < 1.29 is 38.1 Å². The predicted octanol–water partition coefficient (Wildman–Crippen LogP) is 2.78. The highest BCUT2D eigenvalue weighted by molar-refractivity contribution is 5.91. The maximum absolute atomic E-state index is 14.8. The Hall–Kier alpha value is -4.36. The van der Waals surface area contributed by atoms with E-state index in [4.69, 9.17) is 19.2 Å². The number of nitrogens with one attached hydrogen (secondary N) is 1. The number of ether oxygens (including phenoxy) is 3. The number of carbonyl (C=O) groups excluding carboxylic acids is 3. The second-order valence-corrected chi connectivity index (χ2v) is 12.6. The van der Waals surface area contributed by atoms with E-state index in [1.165, 1.54) is 15.5 Å². The number of morpholine rings is 1. The van der Waals surface area contributed by atoms with Gasteiger partial charge < -0.3 is 29.2 Å². The van der Waals surface area contributed by atoms with Gasteiger partial charge in [-0.1, -0.05) is 6.92 Å². The van der Waals surface area contributed by atoms with Gasteiger partial charge in [0.25, 0.3) is 5.56 Å². The summed E-state index contributed by atoms with van der Waals surface area (Å²) in [4.78, 5) is 58.8. The minimum Gasteiger partial charge on any atom is -0.458 e. The van der Waals surface area contributed by atoms with Crippen molar-refractivity contribution in [2.24, 2.45) is 0 Å². The van der Waals surface area contributed by atoms with Crippen LogP contribution in [0.5, 0.6) is 0 Å². The number of hydrogen-bond donors (Lipinski definition) is 2. The Labute approximate surface area is 258 Å². The third-order valence-corrected chi connectivity index (χ3v) is 8.58. The van der Waals surface area contributed by atoms with E-state index < -0.39 is 46.6 Å². The Morgan fingerprint density at radius 1 is 1.22 bits per heavy atom. The standard InChI is InChI=1S/C32H35FN4O8/c1-6-32(42)21-10-24-26-19(13-37(24)28(39)20(21)14-44-29(32)40)18(17-9-16(2)22(33)11-23(17)35-26)12-34-27(38)25-15-43-8-7-36(25)30(41)45-31(3,4)5/h9-11,25,42H,6-8,12-15H2,1-5H3,(H,34,38)/t25-,32-/m0/s1. The number of halogens is 1. The van der Waals surface area contributed by atoms with E-state index in [0.717, 1.165) is 0 Å². The van der Waals surface area contributed by atoms with Crippen LogP contribution in [0.4, 0.5) is 9.18 Å². The van der Waals surface area contributed by atoms with Crippen LogP contribution < -0.4 is 10.9 Å². The summed E-state index contributed by atoms with van der Waals surface area (Å²) >= 11 is 0. The molecule has 1 saturated heterocycles. The lowest BCUT2D eigenvalue weighted by molar-refractivity contribution is -0.172. The minimum atomic E-state index is -2.00. The summed E-state index contributed by atoms with van der Waals surface area (Å²) in [5.41, 5.74) is -0.173. The predicted molar refractivity (Wildman–Crippen MR) is 159 cm³/mol. The number of fused-ring (bicyclic) bond motifs is 5. The average molecular weight is 623 g/mol. The third-order valence-electron chi connectivity index (χ3n) is 8.58. The molecule has 3 aliphatic heterocycles. The zero-order valence-electron chi connectivity index (χ0n) is 25.8. The monoisotopic (exact) mass is 622 g/mol. The van der Waals surface area contributed by atoms with Crippen LogP contribution in [0.1, 0.15) is 61.9 Å². The van der Waals surface area contributed by atoms with Gasteiger partial charge in [0.15, 0.2) is 5.60 Å². The molecule has 3 aliphatic rings. The lowest BCUT2D eigenvalue weighted by Crippen LogP contribution is -2.56. The van der Waals surface area contributed by atoms with Crippen LogP contribution in [0, 0.1) is 12.7 Å². The van der Waals surface area contributed by atoms with E-state index in [2.05, 4.69) is 5.32 Å². The summed E-state index contributed by atoms with van der Waals surface area (Å²) in [6.07, 6.45) is -0.632. The van der Waals surface area contributed by atoms with Gasteiger partial charge in [-0.2, -0.15) is 0 Å². The first-order valence-corrected chi connectivity index (χ1v) is 14.9. The molecule has 6 rings (SSSR count). The lowest BCUT2D eigenvalue weighted by Gasteiger charge is -2.35. The molecule has 3 aromatic rings. The molecule has 0 radical (unpaired) electrons. The zero-order chi connectivity index (χ0) is 32.4. The van der Waals surface area contributed by atoms with Crippen LogP contribution in [0.15, 0.2) is 23.0 Å². The number of hydrogen-bond acceptors (Lipinski definition) is 9. The molecule has 238 valence electrons. The summed E-state index contributed by atoms with van der Waals surface area (Å²) in [6.45, 7) is 8.70. The molecular weight excluding hydrogens is 587 g/mol.